The molecule has 5 rings (SSSR count). The summed E-state index contributed by atoms with van der Waals surface area (Å²) in [6.45, 7) is 4.47. The number of alkyl halides is 3. The van der Waals surface area contributed by atoms with Crippen molar-refractivity contribution in [3.05, 3.63) is 101 Å². The predicted octanol–water partition coefficient (Wildman–Crippen LogP) is 5.24. The Labute approximate surface area is 223 Å². The Morgan fingerprint density at radius 2 is 1.82 bits per heavy atom. The van der Waals surface area contributed by atoms with Crippen LogP contribution in [-0.2, 0) is 12.7 Å². The zero-order valence-corrected chi connectivity index (χ0v) is 21.2. The number of rotatable bonds is 5. The Morgan fingerprint density at radius 3 is 2.56 bits per heavy atom. The standard InChI is InChI=1S/C29H25F3N6O/c1-20-4-6-23(10-22(20)7-5-21-14-33-18-34-15-21)28(39)36-25-11-24(29(30,31)32)12-27(13-25)38-17-26(35-19-38)16-37-8-2-3-9-37/h4,6,10-15,17-19H,2-3,8-9,16H2,1H3,(H,36,39). The van der Waals surface area contributed by atoms with Gasteiger partial charge in [-0.1, -0.05) is 17.9 Å². The molecule has 1 saturated heterocycles. The molecule has 0 atom stereocenters. The second kappa shape index (κ2) is 11.1. The van der Waals surface area contributed by atoms with Crippen molar-refractivity contribution in [2.24, 2.45) is 0 Å². The van der Waals surface area contributed by atoms with E-state index in [4.69, 9.17) is 0 Å². The maximum absolute atomic E-state index is 13.8. The van der Waals surface area contributed by atoms with Gasteiger partial charge in [0.25, 0.3) is 5.91 Å². The topological polar surface area (TPSA) is 75.9 Å². The van der Waals surface area contributed by atoms with Crippen molar-refractivity contribution in [2.75, 3.05) is 18.4 Å². The highest BCUT2D eigenvalue weighted by Gasteiger charge is 2.31. The van der Waals surface area contributed by atoms with Crippen LogP contribution < -0.4 is 5.32 Å². The van der Waals surface area contributed by atoms with Crippen molar-refractivity contribution in [2.45, 2.75) is 32.5 Å². The van der Waals surface area contributed by atoms with Crippen LogP contribution in [0.15, 0.2) is 67.6 Å². The summed E-state index contributed by atoms with van der Waals surface area (Å²) in [7, 11) is 0. The van der Waals surface area contributed by atoms with Gasteiger partial charge in [-0.2, -0.15) is 13.2 Å². The van der Waals surface area contributed by atoms with Gasteiger partial charge < -0.3 is 9.88 Å². The summed E-state index contributed by atoms with van der Waals surface area (Å²) >= 11 is 0. The first kappa shape index (κ1) is 26.1. The lowest BCUT2D eigenvalue weighted by Crippen LogP contribution is -2.18. The molecule has 4 aromatic rings. The second-order valence-corrected chi connectivity index (χ2v) is 9.38. The van der Waals surface area contributed by atoms with E-state index in [1.54, 1.807) is 41.4 Å². The van der Waals surface area contributed by atoms with Crippen LogP contribution in [0.3, 0.4) is 0 Å². The number of imidazole rings is 1. The largest absolute Gasteiger partial charge is 0.416 e. The first-order valence-corrected chi connectivity index (χ1v) is 12.4. The van der Waals surface area contributed by atoms with Crippen molar-refractivity contribution in [1.82, 2.24) is 24.4 Å². The molecule has 2 aromatic heterocycles. The third kappa shape index (κ3) is 6.51. The molecule has 3 heterocycles. The lowest BCUT2D eigenvalue weighted by atomic mass is 10.0. The van der Waals surface area contributed by atoms with Crippen molar-refractivity contribution in [3.8, 4) is 17.5 Å². The molecular weight excluding hydrogens is 505 g/mol. The van der Waals surface area contributed by atoms with Gasteiger partial charge in [0.15, 0.2) is 0 Å². The number of nitrogens with zero attached hydrogens (tertiary/aromatic N) is 5. The van der Waals surface area contributed by atoms with Crippen LogP contribution in [0.5, 0.6) is 0 Å². The highest BCUT2D eigenvalue weighted by molar-refractivity contribution is 6.04. The van der Waals surface area contributed by atoms with E-state index in [1.807, 2.05) is 6.92 Å². The summed E-state index contributed by atoms with van der Waals surface area (Å²) in [6.07, 6.45) is 5.45. The molecule has 0 unspecified atom stereocenters. The van der Waals surface area contributed by atoms with Gasteiger partial charge in [0.2, 0.25) is 0 Å². The number of hydrogen-bond donors (Lipinski definition) is 1. The fourth-order valence-corrected chi connectivity index (χ4v) is 4.36. The molecule has 198 valence electrons. The molecule has 2 aromatic carbocycles. The minimum Gasteiger partial charge on any atom is -0.322 e. The third-order valence-electron chi connectivity index (χ3n) is 6.42. The minimum atomic E-state index is -4.60. The summed E-state index contributed by atoms with van der Waals surface area (Å²) in [4.78, 5) is 27.6. The molecule has 0 spiro atoms. The van der Waals surface area contributed by atoms with E-state index in [2.05, 4.69) is 37.0 Å². The second-order valence-electron chi connectivity index (χ2n) is 9.38. The van der Waals surface area contributed by atoms with E-state index in [0.717, 1.165) is 49.3 Å². The summed E-state index contributed by atoms with van der Waals surface area (Å²) in [5, 5.41) is 2.62. The number of carbonyl (C=O) groups excluding carboxylic acids is 1. The molecule has 1 amide bonds. The zero-order valence-electron chi connectivity index (χ0n) is 21.2. The summed E-state index contributed by atoms with van der Waals surface area (Å²) in [5.41, 5.74) is 2.52. The van der Waals surface area contributed by atoms with Crippen LogP contribution >= 0.6 is 0 Å². The number of nitrogens with one attached hydrogen (secondary N) is 1. The first-order valence-electron chi connectivity index (χ1n) is 12.4. The van der Waals surface area contributed by atoms with Gasteiger partial charge in [-0.05, 0) is 68.8 Å². The van der Waals surface area contributed by atoms with Crippen LogP contribution in [0, 0.1) is 18.8 Å². The maximum Gasteiger partial charge on any atom is 0.416 e. The molecule has 39 heavy (non-hydrogen) atoms. The van der Waals surface area contributed by atoms with Gasteiger partial charge in [0, 0.05) is 47.6 Å². The van der Waals surface area contributed by atoms with E-state index < -0.39 is 17.6 Å². The highest BCUT2D eigenvalue weighted by atomic mass is 19.4. The number of likely N-dealkylation sites (tertiary alicyclic amines) is 1. The van der Waals surface area contributed by atoms with Crippen molar-refractivity contribution in [3.63, 3.8) is 0 Å². The number of benzene rings is 2. The van der Waals surface area contributed by atoms with Crippen LogP contribution in [0.1, 0.15) is 51.1 Å². The first-order chi connectivity index (χ1) is 18.7. The number of aryl methyl sites for hydroxylation is 1. The molecular formula is C29H25F3N6O. The van der Waals surface area contributed by atoms with Gasteiger partial charge in [-0.3, -0.25) is 9.69 Å². The van der Waals surface area contributed by atoms with Gasteiger partial charge in [-0.25, -0.2) is 15.0 Å². The molecule has 0 saturated carbocycles. The van der Waals surface area contributed by atoms with E-state index in [1.165, 1.54) is 18.7 Å². The SMILES string of the molecule is Cc1ccc(C(=O)Nc2cc(-n3cnc(CN4CCCC4)c3)cc(C(F)(F)F)c2)cc1C#Cc1cncnc1. The monoisotopic (exact) mass is 530 g/mol. The van der Waals surface area contributed by atoms with E-state index >= 15 is 0 Å². The molecule has 0 aliphatic carbocycles. The average Bonchev–Trinajstić information content (AvgIpc) is 3.61. The number of halogens is 3. The van der Waals surface area contributed by atoms with Crippen LogP contribution in [0.25, 0.3) is 5.69 Å². The molecule has 0 radical (unpaired) electrons. The average molecular weight is 531 g/mol. The Morgan fingerprint density at radius 1 is 1.05 bits per heavy atom. The fraction of sp³-hybridized carbons (Fsp3) is 0.241. The Balaban J connectivity index is 1.40. The molecule has 1 aliphatic heterocycles. The van der Waals surface area contributed by atoms with Gasteiger partial charge >= 0.3 is 6.18 Å². The maximum atomic E-state index is 13.8. The Bertz CT molecular complexity index is 1550. The smallest absolute Gasteiger partial charge is 0.322 e. The lowest BCUT2D eigenvalue weighted by Gasteiger charge is -2.14. The minimum absolute atomic E-state index is 0.0225. The normalized spacial score (nSPS) is 13.6. The molecule has 1 aliphatic rings. The molecule has 7 nitrogen and oxygen atoms in total. The number of anilines is 1. The van der Waals surface area contributed by atoms with E-state index in [0.29, 0.717) is 17.7 Å². The van der Waals surface area contributed by atoms with Crippen molar-refractivity contribution in [1.29, 1.82) is 0 Å². The summed E-state index contributed by atoms with van der Waals surface area (Å²) in [5.74, 6) is 5.40. The highest BCUT2D eigenvalue weighted by Crippen LogP contribution is 2.33. The molecule has 1 fully saturated rings. The summed E-state index contributed by atoms with van der Waals surface area (Å²) < 4.78 is 42.8. The molecule has 1 N–H and O–H groups in total. The van der Waals surface area contributed by atoms with Crippen molar-refractivity contribution >= 4 is 11.6 Å². The Kier molecular flexibility index (Phi) is 7.43. The molecule has 10 heteroatoms. The van der Waals surface area contributed by atoms with Gasteiger partial charge in [0.05, 0.1) is 23.1 Å². The predicted molar refractivity (Wildman–Crippen MR) is 140 cm³/mol. The number of aromatic nitrogens is 4. The fourth-order valence-electron chi connectivity index (χ4n) is 4.36. The number of carbonyl (C=O) groups is 1. The summed E-state index contributed by atoms with van der Waals surface area (Å²) in [6, 6.07) is 8.43. The zero-order chi connectivity index (χ0) is 27.4. The van der Waals surface area contributed by atoms with Crippen LogP contribution in [0.2, 0.25) is 0 Å². The van der Waals surface area contributed by atoms with Crippen LogP contribution in [-0.4, -0.2) is 43.4 Å². The van der Waals surface area contributed by atoms with Crippen molar-refractivity contribution < 1.29 is 18.0 Å². The lowest BCUT2D eigenvalue weighted by molar-refractivity contribution is -0.137. The third-order valence-corrected chi connectivity index (χ3v) is 6.42. The van der Waals surface area contributed by atoms with Gasteiger partial charge in [0.1, 0.15) is 6.33 Å². The number of amides is 1. The van der Waals surface area contributed by atoms with E-state index in [9.17, 15) is 18.0 Å². The van der Waals surface area contributed by atoms with E-state index in [-0.39, 0.29) is 16.9 Å². The number of hydrogen-bond acceptors (Lipinski definition) is 5. The quantitative estimate of drug-likeness (QED) is 0.358. The molecule has 0 bridgehead atoms. The van der Waals surface area contributed by atoms with Gasteiger partial charge in [-0.15, -0.1) is 0 Å². The van der Waals surface area contributed by atoms with Crippen LogP contribution in [0.4, 0.5) is 18.9 Å². The Hall–Kier alpha value is -4.49.